The van der Waals surface area contributed by atoms with Gasteiger partial charge in [0.25, 0.3) is 5.91 Å². The molecule has 0 spiro atoms. The van der Waals surface area contributed by atoms with Crippen LogP contribution < -0.4 is 4.90 Å². The molecule has 0 unspecified atom stereocenters. The van der Waals surface area contributed by atoms with Gasteiger partial charge >= 0.3 is 0 Å². The Balaban J connectivity index is 1.46. The summed E-state index contributed by atoms with van der Waals surface area (Å²) in [5.74, 6) is -2.02. The van der Waals surface area contributed by atoms with Crippen molar-refractivity contribution in [1.29, 1.82) is 0 Å². The largest absolute Gasteiger partial charge is 0.278 e. The summed E-state index contributed by atoms with van der Waals surface area (Å²) < 4.78 is 56.3. The number of carbonyl (C=O) groups excluding carboxylic acids is 1. The van der Waals surface area contributed by atoms with E-state index in [0.29, 0.717) is 5.69 Å². The van der Waals surface area contributed by atoms with Gasteiger partial charge in [0.05, 0.1) is 21.8 Å². The second-order valence-electron chi connectivity index (χ2n) is 9.28. The number of pyridine rings is 1. The Bertz CT molecular complexity index is 1550. The Morgan fingerprint density at radius 2 is 1.79 bits per heavy atom. The van der Waals surface area contributed by atoms with Crippen LogP contribution in [-0.2, 0) is 16.6 Å². The van der Waals surface area contributed by atoms with Crippen LogP contribution in [0.15, 0.2) is 65.7 Å². The Kier molecular flexibility index (Phi) is 7.51. The second-order valence-corrected chi connectivity index (χ2v) is 12.3. The summed E-state index contributed by atoms with van der Waals surface area (Å²) in [6.45, 7) is 0.0358. The van der Waals surface area contributed by atoms with Gasteiger partial charge in [0.15, 0.2) is 10.9 Å². The van der Waals surface area contributed by atoms with Gasteiger partial charge in [0.1, 0.15) is 11.3 Å². The highest BCUT2D eigenvalue weighted by atomic mass is 32.2. The van der Waals surface area contributed by atoms with Gasteiger partial charge in [-0.1, -0.05) is 36.7 Å². The molecule has 0 bridgehead atoms. The Hall–Kier alpha value is -3.28. The van der Waals surface area contributed by atoms with Crippen molar-refractivity contribution in [3.63, 3.8) is 0 Å². The lowest BCUT2D eigenvalue weighted by Gasteiger charge is -2.30. The van der Waals surface area contributed by atoms with Crippen LogP contribution >= 0.6 is 11.3 Å². The van der Waals surface area contributed by atoms with Crippen LogP contribution in [0.25, 0.3) is 10.2 Å². The molecule has 2 aromatic carbocycles. The van der Waals surface area contributed by atoms with Crippen LogP contribution in [0.4, 0.5) is 13.9 Å². The van der Waals surface area contributed by atoms with E-state index >= 15 is 0 Å². The summed E-state index contributed by atoms with van der Waals surface area (Å²) in [6, 6.07) is 12.9. The molecule has 198 valence electrons. The number of hydrogen-bond donors (Lipinski definition) is 0. The quantitative estimate of drug-likeness (QED) is 0.289. The molecule has 2 heterocycles. The smallest absolute Gasteiger partial charge is 0.260 e. The molecule has 0 aliphatic heterocycles. The lowest BCUT2D eigenvalue weighted by atomic mass is 9.96. The fraction of sp³-hybridized carbons (Fsp3) is 0.296. The van der Waals surface area contributed by atoms with Crippen LogP contribution in [0, 0.1) is 11.6 Å². The SMILES string of the molecule is CN(C1CCCCC1)S(=O)(=O)c1ccc(C(=O)N(Cc2ccccn2)c2nc3c(F)cc(F)cc3s2)cc1. The summed E-state index contributed by atoms with van der Waals surface area (Å²) in [5.41, 5.74) is 0.767. The van der Waals surface area contributed by atoms with E-state index in [4.69, 9.17) is 0 Å². The Morgan fingerprint density at radius 3 is 2.47 bits per heavy atom. The third-order valence-corrected chi connectivity index (χ3v) is 9.74. The van der Waals surface area contributed by atoms with Crippen LogP contribution in [0.2, 0.25) is 0 Å². The number of aromatic nitrogens is 2. The van der Waals surface area contributed by atoms with Gasteiger partial charge in [-0.15, -0.1) is 0 Å². The highest BCUT2D eigenvalue weighted by Gasteiger charge is 2.30. The first-order chi connectivity index (χ1) is 18.2. The molecule has 38 heavy (non-hydrogen) atoms. The van der Waals surface area contributed by atoms with E-state index in [1.54, 1.807) is 31.4 Å². The molecule has 4 aromatic rings. The lowest BCUT2D eigenvalue weighted by Crippen LogP contribution is -2.38. The first kappa shape index (κ1) is 26.3. The average molecular weight is 557 g/mol. The minimum absolute atomic E-state index is 0.0302. The van der Waals surface area contributed by atoms with E-state index in [0.717, 1.165) is 49.5 Å². The maximum atomic E-state index is 14.4. The number of sulfonamides is 1. The van der Waals surface area contributed by atoms with Crippen LogP contribution in [0.1, 0.15) is 48.2 Å². The van der Waals surface area contributed by atoms with Gasteiger partial charge in [0.2, 0.25) is 10.0 Å². The molecule has 0 saturated heterocycles. The zero-order chi connectivity index (χ0) is 26.9. The summed E-state index contributed by atoms with van der Waals surface area (Å²) >= 11 is 0.987. The predicted octanol–water partition coefficient (Wildman–Crippen LogP) is 5.77. The first-order valence-electron chi connectivity index (χ1n) is 12.3. The molecule has 2 aromatic heterocycles. The van der Waals surface area contributed by atoms with Gasteiger partial charge in [-0.05, 0) is 55.3 Å². The van der Waals surface area contributed by atoms with Gasteiger partial charge in [-0.2, -0.15) is 4.31 Å². The number of nitrogens with zero attached hydrogens (tertiary/aromatic N) is 4. The number of rotatable bonds is 7. The molecule has 1 amide bonds. The minimum atomic E-state index is -3.72. The molecular formula is C27H26F2N4O3S2. The monoisotopic (exact) mass is 556 g/mol. The lowest BCUT2D eigenvalue weighted by molar-refractivity contribution is 0.0984. The zero-order valence-electron chi connectivity index (χ0n) is 20.7. The maximum absolute atomic E-state index is 14.4. The van der Waals surface area contributed by atoms with Crippen molar-refractivity contribution >= 4 is 42.6 Å². The second kappa shape index (κ2) is 10.8. The van der Waals surface area contributed by atoms with Crippen molar-refractivity contribution in [2.75, 3.05) is 11.9 Å². The zero-order valence-corrected chi connectivity index (χ0v) is 22.3. The van der Waals surface area contributed by atoms with Crippen molar-refractivity contribution in [1.82, 2.24) is 14.3 Å². The molecule has 1 saturated carbocycles. The van der Waals surface area contributed by atoms with Crippen molar-refractivity contribution in [3.05, 3.63) is 83.7 Å². The number of amides is 1. The Morgan fingerprint density at radius 1 is 1.05 bits per heavy atom. The number of halogens is 2. The van der Waals surface area contributed by atoms with Crippen LogP contribution in [0.3, 0.4) is 0 Å². The van der Waals surface area contributed by atoms with Gasteiger partial charge in [0, 0.05) is 30.9 Å². The highest BCUT2D eigenvalue weighted by Crippen LogP contribution is 2.33. The Labute approximate surface area is 223 Å². The van der Waals surface area contributed by atoms with Crippen molar-refractivity contribution in [3.8, 4) is 0 Å². The summed E-state index contributed by atoms with van der Waals surface area (Å²) in [7, 11) is -2.11. The fourth-order valence-electron chi connectivity index (χ4n) is 4.67. The first-order valence-corrected chi connectivity index (χ1v) is 14.5. The van der Waals surface area contributed by atoms with Crippen molar-refractivity contribution < 1.29 is 22.0 Å². The number of anilines is 1. The van der Waals surface area contributed by atoms with E-state index in [2.05, 4.69) is 9.97 Å². The molecule has 1 aliphatic rings. The molecule has 0 radical (unpaired) electrons. The number of benzene rings is 2. The molecular weight excluding hydrogens is 530 g/mol. The van der Waals surface area contributed by atoms with Crippen LogP contribution in [0.5, 0.6) is 0 Å². The summed E-state index contributed by atoms with van der Waals surface area (Å²) in [6.07, 6.45) is 6.39. The van der Waals surface area contributed by atoms with Crippen LogP contribution in [-0.4, -0.2) is 41.7 Å². The van der Waals surface area contributed by atoms with E-state index in [-0.39, 0.29) is 38.4 Å². The fourth-order valence-corrected chi connectivity index (χ4v) is 7.09. The number of thiazole rings is 1. The topological polar surface area (TPSA) is 83.5 Å². The average Bonchev–Trinajstić information content (AvgIpc) is 3.36. The van der Waals surface area contributed by atoms with E-state index in [1.807, 2.05) is 0 Å². The molecule has 11 heteroatoms. The normalized spacial score (nSPS) is 14.7. The molecule has 1 aliphatic carbocycles. The molecule has 1 fully saturated rings. The van der Waals surface area contributed by atoms with E-state index in [1.165, 1.54) is 39.5 Å². The number of hydrogen-bond acceptors (Lipinski definition) is 6. The van der Waals surface area contributed by atoms with Gasteiger partial charge < -0.3 is 0 Å². The van der Waals surface area contributed by atoms with Crippen molar-refractivity contribution in [2.45, 2.75) is 49.6 Å². The third-order valence-electron chi connectivity index (χ3n) is 6.79. The number of carbonyl (C=O) groups is 1. The highest BCUT2D eigenvalue weighted by molar-refractivity contribution is 7.89. The van der Waals surface area contributed by atoms with Crippen molar-refractivity contribution in [2.24, 2.45) is 0 Å². The molecule has 5 rings (SSSR count). The summed E-state index contributed by atoms with van der Waals surface area (Å²) in [4.78, 5) is 23.7. The third kappa shape index (κ3) is 5.31. The molecule has 0 N–H and O–H groups in total. The summed E-state index contributed by atoms with van der Waals surface area (Å²) in [5, 5.41) is 0.175. The van der Waals surface area contributed by atoms with Gasteiger partial charge in [-0.3, -0.25) is 14.7 Å². The molecule has 0 atom stereocenters. The van der Waals surface area contributed by atoms with E-state index < -0.39 is 27.6 Å². The number of fused-ring (bicyclic) bond motifs is 1. The minimum Gasteiger partial charge on any atom is -0.278 e. The maximum Gasteiger partial charge on any atom is 0.260 e. The van der Waals surface area contributed by atoms with E-state index in [9.17, 15) is 22.0 Å². The predicted molar refractivity (Wildman–Crippen MR) is 143 cm³/mol. The standard InChI is InChI=1S/C27H26F2N4O3S2/c1-32(21-8-3-2-4-9-21)38(35,36)22-12-10-18(11-13-22)26(34)33(17-20-7-5-6-14-30-20)27-31-25-23(29)15-19(28)16-24(25)37-27/h5-7,10-16,21H,2-4,8-9,17H2,1H3. The molecule has 7 nitrogen and oxygen atoms in total. The van der Waals surface area contributed by atoms with Gasteiger partial charge in [-0.25, -0.2) is 22.2 Å².